The summed E-state index contributed by atoms with van der Waals surface area (Å²) < 4.78 is 0. The van der Waals surface area contributed by atoms with Crippen molar-refractivity contribution in [2.24, 2.45) is 5.41 Å². The third-order valence-corrected chi connectivity index (χ3v) is 1.87. The zero-order chi connectivity index (χ0) is 7.78. The van der Waals surface area contributed by atoms with Gasteiger partial charge in [0.15, 0.2) is 0 Å². The zero-order valence-corrected chi connectivity index (χ0v) is 6.81. The Labute approximate surface area is 62.1 Å². The number of hydrogen-bond donors (Lipinski definition) is 1. The van der Waals surface area contributed by atoms with Crippen molar-refractivity contribution in [1.29, 1.82) is 0 Å². The first-order valence-corrected chi connectivity index (χ1v) is 3.60. The third kappa shape index (κ3) is 1.41. The first-order valence-electron chi connectivity index (χ1n) is 3.60. The molecular weight excluding hydrogens is 124 g/mol. The molecule has 0 amide bonds. The van der Waals surface area contributed by atoms with Crippen LogP contribution in [-0.4, -0.2) is 5.11 Å². The van der Waals surface area contributed by atoms with Crippen molar-refractivity contribution in [2.75, 3.05) is 0 Å². The topological polar surface area (TPSA) is 20.2 Å². The second-order valence-electron chi connectivity index (χ2n) is 3.61. The minimum atomic E-state index is 0.142. The van der Waals surface area contributed by atoms with E-state index in [-0.39, 0.29) is 5.41 Å². The quantitative estimate of drug-likeness (QED) is 0.545. The highest BCUT2D eigenvalue weighted by molar-refractivity contribution is 5.28. The maximum atomic E-state index is 9.31. The highest BCUT2D eigenvalue weighted by Crippen LogP contribution is 2.30. The molecule has 0 heterocycles. The summed E-state index contributed by atoms with van der Waals surface area (Å²) in [4.78, 5) is 0. The molecule has 0 fully saturated rings. The molecule has 1 N–H and O–H groups in total. The van der Waals surface area contributed by atoms with Crippen LogP contribution in [0.25, 0.3) is 0 Å². The van der Waals surface area contributed by atoms with Gasteiger partial charge in [-0.05, 0) is 30.4 Å². The van der Waals surface area contributed by atoms with Gasteiger partial charge in [0.25, 0.3) is 0 Å². The van der Waals surface area contributed by atoms with Gasteiger partial charge in [0.2, 0.25) is 0 Å². The van der Waals surface area contributed by atoms with Gasteiger partial charge in [0.1, 0.15) is 5.76 Å². The molecule has 1 rings (SSSR count). The second kappa shape index (κ2) is 2.15. The number of hydrogen-bond acceptors (Lipinski definition) is 1. The first kappa shape index (κ1) is 7.39. The van der Waals surface area contributed by atoms with E-state index < -0.39 is 0 Å². The molecular formula is C9H14O. The summed E-state index contributed by atoms with van der Waals surface area (Å²) in [5, 5.41) is 9.31. The molecule has 0 spiro atoms. The number of allylic oxidation sites excluding steroid dienone is 3. The molecule has 0 aromatic heterocycles. The van der Waals surface area contributed by atoms with Crippen molar-refractivity contribution in [3.8, 4) is 0 Å². The minimum Gasteiger partial charge on any atom is -0.508 e. The lowest BCUT2D eigenvalue weighted by Gasteiger charge is -2.23. The SMILES string of the molecule is CC1=CCC(C)(C)C=C1O. The van der Waals surface area contributed by atoms with Crippen LogP contribution < -0.4 is 0 Å². The second-order valence-corrected chi connectivity index (χ2v) is 3.61. The van der Waals surface area contributed by atoms with E-state index in [0.717, 1.165) is 12.0 Å². The molecule has 1 aliphatic carbocycles. The molecule has 1 nitrogen and oxygen atoms in total. The Balaban J connectivity index is 2.87. The van der Waals surface area contributed by atoms with Crippen molar-refractivity contribution >= 4 is 0 Å². The summed E-state index contributed by atoms with van der Waals surface area (Å²) in [5.74, 6) is 0.441. The van der Waals surface area contributed by atoms with E-state index in [0.29, 0.717) is 5.76 Å². The van der Waals surface area contributed by atoms with Crippen molar-refractivity contribution in [2.45, 2.75) is 27.2 Å². The molecule has 0 aromatic rings. The summed E-state index contributed by atoms with van der Waals surface area (Å²) in [5.41, 5.74) is 1.14. The molecule has 0 saturated heterocycles. The lowest BCUT2D eigenvalue weighted by atomic mass is 9.83. The minimum absolute atomic E-state index is 0.142. The largest absolute Gasteiger partial charge is 0.508 e. The molecule has 0 bridgehead atoms. The molecule has 1 heteroatoms. The van der Waals surface area contributed by atoms with E-state index in [4.69, 9.17) is 0 Å². The smallest absolute Gasteiger partial charge is 0.114 e. The average Bonchev–Trinajstić information content (AvgIpc) is 1.79. The van der Waals surface area contributed by atoms with Crippen molar-refractivity contribution in [3.05, 3.63) is 23.5 Å². The molecule has 0 aromatic carbocycles. The van der Waals surface area contributed by atoms with Gasteiger partial charge < -0.3 is 5.11 Å². The van der Waals surface area contributed by atoms with Crippen LogP contribution in [0.2, 0.25) is 0 Å². The van der Waals surface area contributed by atoms with Crippen molar-refractivity contribution in [1.82, 2.24) is 0 Å². The highest BCUT2D eigenvalue weighted by atomic mass is 16.3. The fourth-order valence-corrected chi connectivity index (χ4v) is 1.06. The molecule has 0 saturated carbocycles. The molecule has 0 atom stereocenters. The maximum Gasteiger partial charge on any atom is 0.114 e. The van der Waals surface area contributed by atoms with Gasteiger partial charge in [-0.25, -0.2) is 0 Å². The van der Waals surface area contributed by atoms with Crippen LogP contribution in [0, 0.1) is 5.41 Å². The van der Waals surface area contributed by atoms with E-state index in [1.54, 1.807) is 0 Å². The molecule has 56 valence electrons. The van der Waals surface area contributed by atoms with Crippen LogP contribution in [0.3, 0.4) is 0 Å². The molecule has 0 radical (unpaired) electrons. The van der Waals surface area contributed by atoms with E-state index in [1.165, 1.54) is 0 Å². The first-order chi connectivity index (χ1) is 4.51. The Hall–Kier alpha value is -0.720. The van der Waals surface area contributed by atoms with Crippen molar-refractivity contribution in [3.63, 3.8) is 0 Å². The van der Waals surface area contributed by atoms with Crippen molar-refractivity contribution < 1.29 is 5.11 Å². The van der Waals surface area contributed by atoms with Crippen LogP contribution in [0.4, 0.5) is 0 Å². The van der Waals surface area contributed by atoms with E-state index in [1.807, 2.05) is 13.0 Å². The van der Waals surface area contributed by atoms with Crippen LogP contribution in [0.1, 0.15) is 27.2 Å². The number of aliphatic hydroxyl groups is 1. The predicted octanol–water partition coefficient (Wildman–Crippen LogP) is 2.80. The summed E-state index contributed by atoms with van der Waals surface area (Å²) in [6.07, 6.45) is 5.03. The lowest BCUT2D eigenvalue weighted by Crippen LogP contribution is -2.11. The summed E-state index contributed by atoms with van der Waals surface area (Å²) >= 11 is 0. The molecule has 10 heavy (non-hydrogen) atoms. The number of aliphatic hydroxyl groups excluding tert-OH is 1. The van der Waals surface area contributed by atoms with E-state index in [9.17, 15) is 5.11 Å². The highest BCUT2D eigenvalue weighted by Gasteiger charge is 2.18. The monoisotopic (exact) mass is 138 g/mol. The standard InChI is InChI=1S/C9H14O/c1-7-4-5-9(2,3)6-8(7)10/h4,6,10H,5H2,1-3H3. The van der Waals surface area contributed by atoms with Crippen LogP contribution in [0.5, 0.6) is 0 Å². The zero-order valence-electron chi connectivity index (χ0n) is 6.81. The fraction of sp³-hybridized carbons (Fsp3) is 0.556. The Morgan fingerprint density at radius 3 is 2.50 bits per heavy atom. The van der Waals surface area contributed by atoms with Gasteiger partial charge in [-0.15, -0.1) is 0 Å². The van der Waals surface area contributed by atoms with E-state index >= 15 is 0 Å². The van der Waals surface area contributed by atoms with Gasteiger partial charge in [0, 0.05) is 0 Å². The van der Waals surface area contributed by atoms with Gasteiger partial charge in [0.05, 0.1) is 0 Å². The Kier molecular flexibility index (Phi) is 1.59. The summed E-state index contributed by atoms with van der Waals surface area (Å²) in [6, 6.07) is 0. The van der Waals surface area contributed by atoms with Gasteiger partial charge in [-0.2, -0.15) is 0 Å². The van der Waals surface area contributed by atoms with E-state index in [2.05, 4.69) is 19.9 Å². The Bertz CT molecular complexity index is 197. The van der Waals surface area contributed by atoms with Gasteiger partial charge >= 0.3 is 0 Å². The summed E-state index contributed by atoms with van der Waals surface area (Å²) in [6.45, 7) is 6.17. The lowest BCUT2D eigenvalue weighted by molar-refractivity contribution is 0.380. The van der Waals surface area contributed by atoms with Crippen LogP contribution in [-0.2, 0) is 0 Å². The van der Waals surface area contributed by atoms with Gasteiger partial charge in [-0.3, -0.25) is 0 Å². The Morgan fingerprint density at radius 2 is 2.10 bits per heavy atom. The van der Waals surface area contributed by atoms with Crippen LogP contribution in [0.15, 0.2) is 23.5 Å². The third-order valence-electron chi connectivity index (χ3n) is 1.87. The van der Waals surface area contributed by atoms with Crippen LogP contribution >= 0.6 is 0 Å². The molecule has 0 unspecified atom stereocenters. The number of rotatable bonds is 0. The Morgan fingerprint density at radius 1 is 1.50 bits per heavy atom. The predicted molar refractivity (Wildman–Crippen MR) is 42.9 cm³/mol. The average molecular weight is 138 g/mol. The molecule has 0 aliphatic heterocycles. The molecule has 1 aliphatic rings. The van der Waals surface area contributed by atoms with Gasteiger partial charge in [-0.1, -0.05) is 19.9 Å². The fourth-order valence-electron chi connectivity index (χ4n) is 1.06. The normalized spacial score (nSPS) is 23.5. The maximum absolute atomic E-state index is 9.31. The summed E-state index contributed by atoms with van der Waals surface area (Å²) in [7, 11) is 0.